The van der Waals surface area contributed by atoms with Gasteiger partial charge in [-0.3, -0.25) is 15.0 Å². The van der Waals surface area contributed by atoms with Crippen molar-refractivity contribution in [1.82, 2.24) is 15.0 Å². The van der Waals surface area contributed by atoms with Crippen LogP contribution in [0.1, 0.15) is 0 Å². The molecule has 29 heavy (non-hydrogen) atoms. The molecule has 0 bridgehead atoms. The normalized spacial score (nSPS) is 9.79. The van der Waals surface area contributed by atoms with Crippen LogP contribution < -0.4 is 0 Å². The third-order valence-corrected chi connectivity index (χ3v) is 4.31. The van der Waals surface area contributed by atoms with E-state index in [0.29, 0.717) is 0 Å². The molecule has 0 fully saturated rings. The van der Waals surface area contributed by atoms with Gasteiger partial charge in [-0.25, -0.2) is 12.1 Å². The third kappa shape index (κ3) is 4.94. The Hall–Kier alpha value is -3.33. The Labute approximate surface area is 181 Å². The molecular formula is C25H19FeN3. The molecule has 0 spiro atoms. The second-order valence-corrected chi connectivity index (χ2v) is 6.15. The molecule has 0 unspecified atom stereocenters. The maximum atomic E-state index is 4.60. The second-order valence-electron chi connectivity index (χ2n) is 6.15. The minimum Gasteiger partial charge on any atom is -0.294 e. The van der Waals surface area contributed by atoms with Crippen molar-refractivity contribution < 1.29 is 17.1 Å². The molecule has 142 valence electrons. The van der Waals surface area contributed by atoms with Gasteiger partial charge in [-0.1, -0.05) is 23.3 Å². The summed E-state index contributed by atoms with van der Waals surface area (Å²) in [4.78, 5) is 13.7. The summed E-state index contributed by atoms with van der Waals surface area (Å²) in [6.45, 7) is 0. The van der Waals surface area contributed by atoms with E-state index in [1.54, 1.807) is 18.6 Å². The maximum Gasteiger partial charge on any atom is 2.00 e. The smallest absolute Gasteiger partial charge is 0.294 e. The fraction of sp³-hybridized carbons (Fsp3) is 0. The van der Waals surface area contributed by atoms with E-state index in [-0.39, 0.29) is 17.1 Å². The molecule has 0 aliphatic rings. The predicted octanol–water partition coefficient (Wildman–Crippen LogP) is 5.99. The van der Waals surface area contributed by atoms with Crippen molar-refractivity contribution in [2.24, 2.45) is 0 Å². The van der Waals surface area contributed by atoms with Crippen LogP contribution in [-0.4, -0.2) is 15.0 Å². The molecule has 0 aliphatic heterocycles. The number of pyridine rings is 3. The molecule has 0 saturated carbocycles. The fourth-order valence-electron chi connectivity index (χ4n) is 3.02. The number of aromatic nitrogens is 3. The largest absolute Gasteiger partial charge is 2.00 e. The van der Waals surface area contributed by atoms with Crippen LogP contribution in [0.5, 0.6) is 0 Å². The predicted molar refractivity (Wildman–Crippen MR) is 114 cm³/mol. The summed E-state index contributed by atoms with van der Waals surface area (Å²) in [5.74, 6) is 0. The Kier molecular flexibility index (Phi) is 7.23. The summed E-state index contributed by atoms with van der Waals surface area (Å²) >= 11 is 0. The van der Waals surface area contributed by atoms with Crippen molar-refractivity contribution in [2.45, 2.75) is 0 Å². The van der Waals surface area contributed by atoms with Crippen molar-refractivity contribution >= 4 is 0 Å². The average molecular weight is 417 g/mol. The van der Waals surface area contributed by atoms with E-state index < -0.39 is 0 Å². The van der Waals surface area contributed by atoms with E-state index in [1.807, 2.05) is 78.9 Å². The zero-order valence-corrected chi connectivity index (χ0v) is 16.8. The van der Waals surface area contributed by atoms with Gasteiger partial charge in [0, 0.05) is 29.8 Å². The van der Waals surface area contributed by atoms with Gasteiger partial charge in [0.1, 0.15) is 0 Å². The summed E-state index contributed by atoms with van der Waals surface area (Å²) in [6, 6.07) is 32.1. The van der Waals surface area contributed by atoms with E-state index in [0.717, 1.165) is 33.8 Å². The molecule has 0 N–H and O–H groups in total. The Bertz CT molecular complexity index is 1080. The summed E-state index contributed by atoms with van der Waals surface area (Å²) in [5, 5.41) is 0. The second kappa shape index (κ2) is 10.3. The van der Waals surface area contributed by atoms with Crippen LogP contribution in [0, 0.1) is 0 Å². The summed E-state index contributed by atoms with van der Waals surface area (Å²) < 4.78 is 0. The Balaban J connectivity index is 0.000000352. The molecular weight excluding hydrogens is 398 g/mol. The van der Waals surface area contributed by atoms with E-state index in [1.165, 1.54) is 0 Å². The molecule has 4 heteroatoms. The molecule has 5 rings (SSSR count). The minimum absolute atomic E-state index is 0. The standard InChI is InChI=1S/C20H14N3.C5H5.Fe/c1-2-8-15(7-1)16-9-5-13-22-19(16)20-17(10-6-14-23-20)18-11-3-4-12-21-18;1-2-4-5-3-1;/h1-14H;1-5H;/q2*-1;+2. The number of nitrogens with zero attached hydrogens (tertiary/aromatic N) is 3. The molecule has 3 nitrogen and oxygen atoms in total. The van der Waals surface area contributed by atoms with Gasteiger partial charge in [-0.2, -0.15) is 30.3 Å². The third-order valence-electron chi connectivity index (χ3n) is 4.31. The summed E-state index contributed by atoms with van der Waals surface area (Å²) in [7, 11) is 0. The van der Waals surface area contributed by atoms with Crippen LogP contribution in [-0.2, 0) is 17.1 Å². The van der Waals surface area contributed by atoms with Crippen LogP contribution in [0.4, 0.5) is 0 Å². The van der Waals surface area contributed by atoms with Crippen molar-refractivity contribution in [3.63, 3.8) is 0 Å². The van der Waals surface area contributed by atoms with Gasteiger partial charge >= 0.3 is 17.1 Å². The molecule has 0 atom stereocenters. The molecule has 0 amide bonds. The minimum atomic E-state index is 0. The first-order valence-corrected chi connectivity index (χ1v) is 9.14. The zero-order chi connectivity index (χ0) is 19.0. The van der Waals surface area contributed by atoms with E-state index >= 15 is 0 Å². The molecule has 0 radical (unpaired) electrons. The van der Waals surface area contributed by atoms with Gasteiger partial charge in [-0.15, -0.1) is 18.2 Å². The van der Waals surface area contributed by atoms with Crippen molar-refractivity contribution in [1.29, 1.82) is 0 Å². The van der Waals surface area contributed by atoms with Gasteiger partial charge in [0.2, 0.25) is 0 Å². The average Bonchev–Trinajstić information content (AvgIpc) is 3.51. The topological polar surface area (TPSA) is 38.7 Å². The monoisotopic (exact) mass is 417 g/mol. The SMILES string of the molecule is [Fe+2].c1cc[cH-]c1.c1ccc(-c2cccnc2-c2ncccc2-[c-]2cccc2)nc1. The Morgan fingerprint density at radius 1 is 0.621 bits per heavy atom. The van der Waals surface area contributed by atoms with Gasteiger partial charge in [-0.05, 0) is 24.3 Å². The molecule has 5 aromatic rings. The first-order valence-electron chi connectivity index (χ1n) is 9.14. The maximum absolute atomic E-state index is 4.60. The molecule has 0 saturated heterocycles. The summed E-state index contributed by atoms with van der Waals surface area (Å²) in [5.41, 5.74) is 5.83. The Morgan fingerprint density at radius 2 is 1.31 bits per heavy atom. The Morgan fingerprint density at radius 3 is 1.97 bits per heavy atom. The zero-order valence-electron chi connectivity index (χ0n) is 15.7. The summed E-state index contributed by atoms with van der Waals surface area (Å²) in [6.07, 6.45) is 5.40. The van der Waals surface area contributed by atoms with Crippen LogP contribution in [0.15, 0.2) is 116 Å². The van der Waals surface area contributed by atoms with Gasteiger partial charge < -0.3 is 0 Å². The number of hydrogen-bond donors (Lipinski definition) is 0. The van der Waals surface area contributed by atoms with Gasteiger partial charge in [0.25, 0.3) is 0 Å². The number of rotatable bonds is 3. The van der Waals surface area contributed by atoms with E-state index in [4.69, 9.17) is 0 Å². The molecule has 0 aliphatic carbocycles. The first kappa shape index (κ1) is 20.4. The molecule has 2 aromatic carbocycles. The van der Waals surface area contributed by atoms with Crippen molar-refractivity contribution in [3.05, 3.63) is 116 Å². The van der Waals surface area contributed by atoms with Crippen LogP contribution in [0.25, 0.3) is 33.8 Å². The van der Waals surface area contributed by atoms with E-state index in [9.17, 15) is 0 Å². The van der Waals surface area contributed by atoms with Crippen LogP contribution in [0.2, 0.25) is 0 Å². The first-order chi connectivity index (χ1) is 13.9. The van der Waals surface area contributed by atoms with Crippen molar-refractivity contribution in [2.75, 3.05) is 0 Å². The molecule has 3 heterocycles. The van der Waals surface area contributed by atoms with Gasteiger partial charge in [0.05, 0.1) is 11.4 Å². The van der Waals surface area contributed by atoms with Gasteiger partial charge in [0.15, 0.2) is 0 Å². The fourth-order valence-corrected chi connectivity index (χ4v) is 3.02. The van der Waals surface area contributed by atoms with Crippen LogP contribution >= 0.6 is 0 Å². The quantitative estimate of drug-likeness (QED) is 0.267. The molecule has 3 aromatic heterocycles. The number of hydrogen-bond acceptors (Lipinski definition) is 3. The van der Waals surface area contributed by atoms with Crippen LogP contribution in [0.3, 0.4) is 0 Å². The van der Waals surface area contributed by atoms with Crippen molar-refractivity contribution in [3.8, 4) is 33.8 Å². The van der Waals surface area contributed by atoms with E-state index in [2.05, 4.69) is 33.2 Å².